The van der Waals surface area contributed by atoms with Crippen molar-refractivity contribution in [3.8, 4) is 5.75 Å². The van der Waals surface area contributed by atoms with E-state index in [1.807, 2.05) is 30.3 Å². The van der Waals surface area contributed by atoms with E-state index in [1.54, 1.807) is 0 Å². The first-order valence-electron chi connectivity index (χ1n) is 8.06. The van der Waals surface area contributed by atoms with Crippen molar-refractivity contribution in [2.45, 2.75) is 26.5 Å². The topological polar surface area (TPSA) is 33.3 Å². The molecule has 0 amide bonds. The summed E-state index contributed by atoms with van der Waals surface area (Å²) < 4.78 is 5.97. The van der Waals surface area contributed by atoms with Gasteiger partial charge < -0.3 is 15.4 Å². The molecule has 2 N–H and O–H groups in total. The van der Waals surface area contributed by atoms with Crippen LogP contribution in [0, 0.1) is 0 Å². The molecule has 22 heavy (non-hydrogen) atoms. The Bertz CT molecular complexity index is 528. The fourth-order valence-corrected chi connectivity index (χ4v) is 2.26. The first-order valence-corrected chi connectivity index (χ1v) is 8.06. The Kier molecular flexibility index (Phi) is 7.50. The minimum Gasteiger partial charge on any atom is -0.489 e. The van der Waals surface area contributed by atoms with Crippen LogP contribution in [-0.4, -0.2) is 19.6 Å². The molecule has 2 aromatic carbocycles. The molecule has 0 fully saturated rings. The molecule has 0 aromatic heterocycles. The van der Waals surface area contributed by atoms with Crippen LogP contribution in [0.25, 0.3) is 0 Å². The first kappa shape index (κ1) is 16.5. The lowest BCUT2D eigenvalue weighted by atomic mass is 10.2. The molecular formula is C19H26N2O. The molecule has 0 radical (unpaired) electrons. The van der Waals surface area contributed by atoms with Gasteiger partial charge in [-0.25, -0.2) is 0 Å². The van der Waals surface area contributed by atoms with Crippen LogP contribution in [-0.2, 0) is 13.2 Å². The van der Waals surface area contributed by atoms with Crippen molar-refractivity contribution in [2.24, 2.45) is 0 Å². The Hall–Kier alpha value is -1.84. The van der Waals surface area contributed by atoms with E-state index in [4.69, 9.17) is 4.74 Å². The molecule has 0 aliphatic rings. The number of hydrogen-bond acceptors (Lipinski definition) is 3. The van der Waals surface area contributed by atoms with E-state index < -0.39 is 0 Å². The number of rotatable bonds is 10. The van der Waals surface area contributed by atoms with Crippen LogP contribution in [0.15, 0.2) is 54.6 Å². The zero-order chi connectivity index (χ0) is 15.5. The number of nitrogens with one attached hydrogen (secondary N) is 2. The third-order valence-electron chi connectivity index (χ3n) is 3.48. The van der Waals surface area contributed by atoms with Gasteiger partial charge in [0.15, 0.2) is 0 Å². The highest BCUT2D eigenvalue weighted by Gasteiger charge is 2.03. The first-order chi connectivity index (χ1) is 10.9. The predicted octanol–water partition coefficient (Wildman–Crippen LogP) is 3.35. The lowest BCUT2D eigenvalue weighted by Crippen LogP contribution is -2.21. The zero-order valence-corrected chi connectivity index (χ0v) is 13.3. The third kappa shape index (κ3) is 5.88. The van der Waals surface area contributed by atoms with E-state index in [1.165, 1.54) is 11.1 Å². The minimum absolute atomic E-state index is 0.609. The molecule has 0 saturated heterocycles. The van der Waals surface area contributed by atoms with Gasteiger partial charge in [-0.05, 0) is 37.7 Å². The van der Waals surface area contributed by atoms with E-state index in [9.17, 15) is 0 Å². The van der Waals surface area contributed by atoms with E-state index in [0.717, 1.165) is 38.3 Å². The maximum absolute atomic E-state index is 5.97. The Labute approximate surface area is 133 Å². The summed E-state index contributed by atoms with van der Waals surface area (Å²) in [5.41, 5.74) is 2.40. The highest BCUT2D eigenvalue weighted by atomic mass is 16.5. The van der Waals surface area contributed by atoms with Crippen molar-refractivity contribution in [3.05, 3.63) is 65.7 Å². The van der Waals surface area contributed by atoms with Gasteiger partial charge in [-0.1, -0.05) is 55.5 Å². The summed E-state index contributed by atoms with van der Waals surface area (Å²) in [5, 5.41) is 6.81. The monoisotopic (exact) mass is 298 g/mol. The molecule has 0 spiro atoms. The van der Waals surface area contributed by atoms with Crippen LogP contribution in [0.5, 0.6) is 5.75 Å². The zero-order valence-electron chi connectivity index (χ0n) is 13.3. The number of benzene rings is 2. The second-order valence-electron chi connectivity index (χ2n) is 5.27. The van der Waals surface area contributed by atoms with Crippen LogP contribution in [0.2, 0.25) is 0 Å². The largest absolute Gasteiger partial charge is 0.489 e. The van der Waals surface area contributed by atoms with Crippen molar-refractivity contribution in [3.63, 3.8) is 0 Å². The Morgan fingerprint density at radius 2 is 1.59 bits per heavy atom. The molecule has 2 rings (SSSR count). The van der Waals surface area contributed by atoms with E-state index in [-0.39, 0.29) is 0 Å². The van der Waals surface area contributed by atoms with Gasteiger partial charge in [-0.15, -0.1) is 0 Å². The fraction of sp³-hybridized carbons (Fsp3) is 0.368. The Balaban J connectivity index is 1.79. The van der Waals surface area contributed by atoms with Crippen LogP contribution in [0.3, 0.4) is 0 Å². The second-order valence-corrected chi connectivity index (χ2v) is 5.27. The molecule has 0 aliphatic carbocycles. The van der Waals surface area contributed by atoms with Gasteiger partial charge in [0.25, 0.3) is 0 Å². The van der Waals surface area contributed by atoms with Crippen LogP contribution < -0.4 is 15.4 Å². The Morgan fingerprint density at radius 1 is 0.864 bits per heavy atom. The highest BCUT2D eigenvalue weighted by Crippen LogP contribution is 2.19. The van der Waals surface area contributed by atoms with Gasteiger partial charge in [0.1, 0.15) is 12.4 Å². The Morgan fingerprint density at radius 3 is 2.41 bits per heavy atom. The van der Waals surface area contributed by atoms with Crippen LogP contribution in [0.4, 0.5) is 0 Å². The molecule has 0 heterocycles. The molecule has 0 unspecified atom stereocenters. The smallest absolute Gasteiger partial charge is 0.124 e. The van der Waals surface area contributed by atoms with Crippen molar-refractivity contribution >= 4 is 0 Å². The molecule has 0 atom stereocenters. The van der Waals surface area contributed by atoms with Crippen LogP contribution in [0.1, 0.15) is 24.5 Å². The molecule has 3 heteroatoms. The van der Waals surface area contributed by atoms with Gasteiger partial charge in [0, 0.05) is 12.1 Å². The summed E-state index contributed by atoms with van der Waals surface area (Å²) in [4.78, 5) is 0. The van der Waals surface area contributed by atoms with Crippen molar-refractivity contribution in [2.75, 3.05) is 19.6 Å². The van der Waals surface area contributed by atoms with Crippen LogP contribution >= 0.6 is 0 Å². The van der Waals surface area contributed by atoms with Crippen molar-refractivity contribution < 1.29 is 4.74 Å². The summed E-state index contributed by atoms with van der Waals surface area (Å²) >= 11 is 0. The minimum atomic E-state index is 0.609. The highest BCUT2D eigenvalue weighted by molar-refractivity contribution is 5.33. The molecule has 0 bridgehead atoms. The molecule has 2 aromatic rings. The summed E-state index contributed by atoms with van der Waals surface area (Å²) in [6.45, 7) is 6.70. The van der Waals surface area contributed by atoms with Gasteiger partial charge in [-0.2, -0.15) is 0 Å². The van der Waals surface area contributed by atoms with E-state index >= 15 is 0 Å². The standard InChI is InChI=1S/C19H26N2O/c1-2-20-13-8-14-21-15-18-11-6-7-12-19(18)22-16-17-9-4-3-5-10-17/h3-7,9-12,20-21H,2,8,13-16H2,1H3. The van der Waals surface area contributed by atoms with Gasteiger partial charge in [0.2, 0.25) is 0 Å². The van der Waals surface area contributed by atoms with Crippen molar-refractivity contribution in [1.29, 1.82) is 0 Å². The summed E-state index contributed by atoms with van der Waals surface area (Å²) in [7, 11) is 0. The third-order valence-corrected chi connectivity index (χ3v) is 3.48. The number of ether oxygens (including phenoxy) is 1. The summed E-state index contributed by atoms with van der Waals surface area (Å²) in [5.74, 6) is 0.963. The maximum Gasteiger partial charge on any atom is 0.124 e. The molecule has 118 valence electrons. The molecular weight excluding hydrogens is 272 g/mol. The molecule has 3 nitrogen and oxygen atoms in total. The summed E-state index contributed by atoms with van der Waals surface area (Å²) in [6, 6.07) is 18.5. The van der Waals surface area contributed by atoms with Gasteiger partial charge in [0.05, 0.1) is 0 Å². The average Bonchev–Trinajstić information content (AvgIpc) is 2.58. The van der Waals surface area contributed by atoms with E-state index in [0.29, 0.717) is 6.61 Å². The SMILES string of the molecule is CCNCCCNCc1ccccc1OCc1ccccc1. The molecule has 0 aliphatic heterocycles. The predicted molar refractivity (Wildman–Crippen MR) is 92.1 cm³/mol. The fourth-order valence-electron chi connectivity index (χ4n) is 2.26. The normalized spacial score (nSPS) is 10.6. The number of para-hydroxylation sites is 1. The summed E-state index contributed by atoms with van der Waals surface area (Å²) in [6.07, 6.45) is 1.14. The molecule has 0 saturated carbocycles. The van der Waals surface area contributed by atoms with E-state index in [2.05, 4.69) is 41.8 Å². The lowest BCUT2D eigenvalue weighted by molar-refractivity contribution is 0.302. The number of hydrogen-bond donors (Lipinski definition) is 2. The van der Waals surface area contributed by atoms with Gasteiger partial charge in [-0.3, -0.25) is 0 Å². The quantitative estimate of drug-likeness (QED) is 0.660. The maximum atomic E-state index is 5.97. The lowest BCUT2D eigenvalue weighted by Gasteiger charge is -2.12. The second kappa shape index (κ2) is 9.98. The van der Waals surface area contributed by atoms with Gasteiger partial charge >= 0.3 is 0 Å². The van der Waals surface area contributed by atoms with Crippen molar-refractivity contribution in [1.82, 2.24) is 10.6 Å². The average molecular weight is 298 g/mol.